The van der Waals surface area contributed by atoms with Crippen molar-refractivity contribution in [2.24, 2.45) is 9.98 Å². The van der Waals surface area contributed by atoms with E-state index in [0.717, 1.165) is 48.9 Å². The van der Waals surface area contributed by atoms with Crippen LogP contribution in [0.25, 0.3) is 0 Å². The van der Waals surface area contributed by atoms with E-state index < -0.39 is 28.1 Å². The van der Waals surface area contributed by atoms with Crippen LogP contribution in [0.2, 0.25) is 39.3 Å². The van der Waals surface area contributed by atoms with Crippen LogP contribution >= 0.6 is 0 Å². The maximum Gasteiger partial charge on any atom is 2.00 e. The van der Waals surface area contributed by atoms with Crippen LogP contribution in [-0.4, -0.2) is 63.8 Å². The summed E-state index contributed by atoms with van der Waals surface area (Å²) >= 11 is 0. The molecule has 2 rings (SSSR count). The fourth-order valence-electron chi connectivity index (χ4n) is 3.48. The molecule has 2 aromatic carbocycles. The number of rotatable bonds is 9. The molecule has 0 saturated heterocycles. The molecule has 41 heavy (non-hydrogen) atoms. The van der Waals surface area contributed by atoms with Gasteiger partial charge in [0, 0.05) is 35.5 Å². The minimum atomic E-state index is -1.48. The van der Waals surface area contributed by atoms with Gasteiger partial charge < -0.3 is 30.0 Å². The second-order valence-electron chi connectivity index (χ2n) is 11.4. The van der Waals surface area contributed by atoms with E-state index in [9.17, 15) is 10.2 Å². The van der Waals surface area contributed by atoms with Gasteiger partial charge in [0.1, 0.15) is 11.5 Å². The summed E-state index contributed by atoms with van der Waals surface area (Å²) in [7, 11) is -2.96. The van der Waals surface area contributed by atoms with E-state index in [-0.39, 0.29) is 16.8 Å². The zero-order chi connectivity index (χ0) is 31.3. The van der Waals surface area contributed by atoms with E-state index in [0.29, 0.717) is 24.6 Å². The van der Waals surface area contributed by atoms with Gasteiger partial charge in [-0.3, -0.25) is 9.98 Å². The van der Waals surface area contributed by atoms with E-state index in [1.807, 2.05) is 0 Å². The van der Waals surface area contributed by atoms with E-state index in [1.54, 1.807) is 12.4 Å². The molecule has 0 fully saturated rings. The molecule has 0 aliphatic rings. The van der Waals surface area contributed by atoms with Gasteiger partial charge in [-0.15, -0.1) is 0 Å². The summed E-state index contributed by atoms with van der Waals surface area (Å²) in [5, 5.41) is 41.6. The van der Waals surface area contributed by atoms with Crippen LogP contribution in [0.3, 0.4) is 0 Å². The van der Waals surface area contributed by atoms with Crippen molar-refractivity contribution < 1.29 is 46.8 Å². The number of benzene rings is 2. The number of hydrogen-bond acceptors (Lipinski definition) is 8. The molecule has 8 nitrogen and oxygen atoms in total. The minimum Gasteiger partial charge on any atom is -0.550 e. The number of carbonyl (C=O) groups excluding carboxylic acids is 2. The Morgan fingerprint density at radius 3 is 1.20 bits per heavy atom. The van der Waals surface area contributed by atoms with Crippen LogP contribution in [0.15, 0.2) is 34.3 Å². The smallest absolute Gasteiger partial charge is 0.550 e. The molecule has 0 amide bonds. The second-order valence-corrected chi connectivity index (χ2v) is 21.6. The number of aromatic hydroxyl groups is 2. The first kappa shape index (κ1) is 40.4. The van der Waals surface area contributed by atoms with Crippen molar-refractivity contribution >= 4 is 50.9 Å². The van der Waals surface area contributed by atoms with Crippen molar-refractivity contribution in [2.75, 3.05) is 13.1 Å². The van der Waals surface area contributed by atoms with Gasteiger partial charge in [0.05, 0.1) is 29.2 Å². The standard InChI is InChI=1S/C26H40N2O2Si2.2C2H4O2.Co/c1-9-19-13-23(31(3,4)5)15-21(25(19)29)17-27-11-12-28-18-22-16-24(32(6,7)8)14-20(10-2)26(22)30;2*1-2(3)4;/h13-18,29-30H,9-12H2,1-8H3;2*1H3,(H,3,4);/q;;;+2/p-2. The molecule has 0 aromatic heterocycles. The Labute approximate surface area is 257 Å². The van der Waals surface area contributed by atoms with Crippen molar-refractivity contribution in [1.29, 1.82) is 0 Å². The van der Waals surface area contributed by atoms with Crippen LogP contribution in [0.1, 0.15) is 49.9 Å². The molecule has 0 unspecified atom stereocenters. The average Bonchev–Trinajstić information content (AvgIpc) is 2.80. The monoisotopic (exact) mass is 645 g/mol. The Kier molecular flexibility index (Phi) is 18.4. The molecule has 0 bridgehead atoms. The summed E-state index contributed by atoms with van der Waals surface area (Å²) in [6.07, 6.45) is 5.14. The summed E-state index contributed by atoms with van der Waals surface area (Å²) in [6, 6.07) is 8.46. The number of phenols is 2. The number of aliphatic carboxylic acids is 2. The number of carbonyl (C=O) groups is 2. The molecule has 229 valence electrons. The molecule has 0 atom stereocenters. The third-order valence-corrected chi connectivity index (χ3v) is 9.79. The molecule has 0 aliphatic heterocycles. The van der Waals surface area contributed by atoms with Crippen LogP contribution in [0, 0.1) is 0 Å². The van der Waals surface area contributed by atoms with Gasteiger partial charge in [0.25, 0.3) is 0 Å². The zero-order valence-corrected chi connectivity index (χ0v) is 29.1. The molecule has 0 saturated carbocycles. The van der Waals surface area contributed by atoms with Crippen LogP contribution < -0.4 is 20.6 Å². The molecule has 11 heteroatoms. The number of hydrogen-bond donors (Lipinski definition) is 2. The predicted molar refractivity (Wildman–Crippen MR) is 167 cm³/mol. The predicted octanol–water partition coefficient (Wildman–Crippen LogP) is 2.36. The van der Waals surface area contributed by atoms with Crippen LogP contribution in [0.4, 0.5) is 0 Å². The fourth-order valence-corrected chi connectivity index (χ4v) is 5.87. The number of carboxylic acids is 2. The third-order valence-electron chi connectivity index (χ3n) is 5.75. The molecular formula is C30H46CoN2O6Si2. The van der Waals surface area contributed by atoms with Crippen molar-refractivity contribution in [3.8, 4) is 11.5 Å². The van der Waals surface area contributed by atoms with Crippen LogP contribution in [0.5, 0.6) is 11.5 Å². The summed E-state index contributed by atoms with van der Waals surface area (Å²) in [5.74, 6) is -1.50. The number of phenolic OH excluding ortho intramolecular Hbond substituents is 2. The molecule has 0 aliphatic carbocycles. The largest absolute Gasteiger partial charge is 2.00 e. The van der Waals surface area contributed by atoms with Crippen molar-refractivity contribution in [3.05, 3.63) is 46.5 Å². The Hall–Kier alpha value is -2.74. The molecule has 2 N–H and O–H groups in total. The molecule has 2 aromatic rings. The molecule has 0 spiro atoms. The average molecular weight is 646 g/mol. The number of aryl methyl sites for hydroxylation is 2. The van der Waals surface area contributed by atoms with Gasteiger partial charge in [-0.05, 0) is 37.8 Å². The Bertz CT molecular complexity index is 1100. The van der Waals surface area contributed by atoms with Gasteiger partial charge in [0.15, 0.2) is 0 Å². The third kappa shape index (κ3) is 15.7. The maximum absolute atomic E-state index is 10.6. The first-order chi connectivity index (χ1) is 18.3. The maximum atomic E-state index is 10.6. The van der Waals surface area contributed by atoms with E-state index in [2.05, 4.69) is 87.4 Å². The van der Waals surface area contributed by atoms with Crippen LogP contribution in [-0.2, 0) is 39.2 Å². The van der Waals surface area contributed by atoms with E-state index >= 15 is 0 Å². The molecular weight excluding hydrogens is 599 g/mol. The number of aliphatic imine (C=N–C) groups is 2. The van der Waals surface area contributed by atoms with Gasteiger partial charge in [-0.2, -0.15) is 0 Å². The summed E-state index contributed by atoms with van der Waals surface area (Å²) < 4.78 is 0. The fraction of sp³-hybridized carbons (Fsp3) is 0.467. The van der Waals surface area contributed by atoms with E-state index in [4.69, 9.17) is 19.8 Å². The number of carboxylic acid groups (broad SMARTS) is 2. The first-order valence-corrected chi connectivity index (χ1v) is 20.4. The normalized spacial score (nSPS) is 11.3. The van der Waals surface area contributed by atoms with Gasteiger partial charge in [0.2, 0.25) is 0 Å². The molecule has 1 radical (unpaired) electrons. The van der Waals surface area contributed by atoms with Gasteiger partial charge in [-0.25, -0.2) is 0 Å². The quantitative estimate of drug-likeness (QED) is 0.243. The molecule has 0 heterocycles. The van der Waals surface area contributed by atoms with Crippen molar-refractivity contribution in [1.82, 2.24) is 0 Å². The SMILES string of the molecule is CC(=O)[O-].CC(=O)[O-].CCc1cc([Si](C)(C)C)cc(C=NCCN=Cc2cc([Si](C)(C)C)cc(CC)c2O)c1O.[Co+2]. The number of nitrogens with zero attached hydrogens (tertiary/aromatic N) is 2. The van der Waals surface area contributed by atoms with E-state index in [1.165, 1.54) is 10.4 Å². The van der Waals surface area contributed by atoms with Gasteiger partial charge >= 0.3 is 16.8 Å². The zero-order valence-electron chi connectivity index (χ0n) is 26.0. The first-order valence-electron chi connectivity index (χ1n) is 13.4. The summed E-state index contributed by atoms with van der Waals surface area (Å²) in [6.45, 7) is 21.0. The van der Waals surface area contributed by atoms with Crippen molar-refractivity contribution in [3.63, 3.8) is 0 Å². The van der Waals surface area contributed by atoms with Crippen molar-refractivity contribution in [2.45, 2.75) is 79.8 Å². The topological polar surface area (TPSA) is 145 Å². The second kappa shape index (κ2) is 18.6. The Balaban J connectivity index is 0. The Morgan fingerprint density at radius 2 is 0.976 bits per heavy atom. The van der Waals surface area contributed by atoms with Gasteiger partial charge in [-0.1, -0.05) is 87.8 Å². The Morgan fingerprint density at radius 1 is 0.707 bits per heavy atom. The summed E-state index contributed by atoms with van der Waals surface area (Å²) in [5.41, 5.74) is 3.54. The summed E-state index contributed by atoms with van der Waals surface area (Å²) in [4.78, 5) is 26.8. The minimum absolute atomic E-state index is 0.